The maximum absolute atomic E-state index is 14.1. The summed E-state index contributed by atoms with van der Waals surface area (Å²) in [6, 6.07) is 8.67. The van der Waals surface area contributed by atoms with Gasteiger partial charge in [-0.2, -0.15) is 0 Å². The molecule has 1 N–H and O–H groups in total. The maximum atomic E-state index is 14.1. The monoisotopic (exact) mass is 390 g/mol. The van der Waals surface area contributed by atoms with Crippen molar-refractivity contribution in [3.63, 3.8) is 0 Å². The number of hydrogen-bond acceptors (Lipinski definition) is 4. The lowest BCUT2D eigenvalue weighted by atomic mass is 9.91. The molecule has 0 radical (unpaired) electrons. The second-order valence-electron chi connectivity index (χ2n) is 6.51. The number of urea groups is 1. The quantitative estimate of drug-likeness (QED) is 0.817. The Morgan fingerprint density at radius 2 is 1.93 bits per heavy atom. The van der Waals surface area contributed by atoms with Crippen LogP contribution < -0.4 is 14.8 Å². The minimum atomic E-state index is -1.30. The van der Waals surface area contributed by atoms with Crippen LogP contribution in [-0.4, -0.2) is 30.1 Å². The molecular weight excluding hydrogens is 375 g/mol. The van der Waals surface area contributed by atoms with Crippen molar-refractivity contribution in [3.05, 3.63) is 58.4 Å². The van der Waals surface area contributed by atoms with Crippen molar-refractivity contribution in [1.82, 2.24) is 10.2 Å². The number of nitrogens with one attached hydrogen (secondary N) is 1. The number of ether oxygens (including phenoxy) is 2. The van der Waals surface area contributed by atoms with Gasteiger partial charge in [0.05, 0.1) is 6.54 Å². The minimum Gasteiger partial charge on any atom is -0.486 e. The number of fused-ring (bicyclic) bond motifs is 1. The van der Waals surface area contributed by atoms with Gasteiger partial charge >= 0.3 is 6.03 Å². The van der Waals surface area contributed by atoms with Gasteiger partial charge in [0, 0.05) is 10.6 Å². The Morgan fingerprint density at radius 3 is 2.67 bits per heavy atom. The summed E-state index contributed by atoms with van der Waals surface area (Å²) >= 11 is 6.03. The number of carbonyl (C=O) groups is 2. The van der Waals surface area contributed by atoms with Crippen LogP contribution in [0.4, 0.5) is 9.18 Å². The van der Waals surface area contributed by atoms with Gasteiger partial charge in [0.1, 0.15) is 24.6 Å². The molecule has 8 heteroatoms. The number of carbonyl (C=O) groups excluding carboxylic acids is 2. The Bertz CT molecular complexity index is 931. The maximum Gasteiger partial charge on any atom is 0.325 e. The first-order chi connectivity index (χ1) is 12.9. The van der Waals surface area contributed by atoms with Crippen molar-refractivity contribution in [2.75, 3.05) is 13.2 Å². The minimum absolute atomic E-state index is 0.0918. The third kappa shape index (κ3) is 2.88. The highest BCUT2D eigenvalue weighted by atomic mass is 35.5. The van der Waals surface area contributed by atoms with E-state index in [1.165, 1.54) is 18.2 Å². The summed E-state index contributed by atoms with van der Waals surface area (Å²) in [5, 5.41) is 2.84. The molecule has 1 saturated heterocycles. The fraction of sp³-hybridized carbons (Fsp3) is 0.263. The van der Waals surface area contributed by atoms with E-state index in [2.05, 4.69) is 5.32 Å². The Balaban J connectivity index is 1.66. The highest BCUT2D eigenvalue weighted by molar-refractivity contribution is 6.31. The average molecular weight is 391 g/mol. The van der Waals surface area contributed by atoms with E-state index >= 15 is 0 Å². The van der Waals surface area contributed by atoms with Crippen molar-refractivity contribution >= 4 is 23.5 Å². The Hall–Kier alpha value is -2.80. The zero-order valence-electron chi connectivity index (χ0n) is 14.4. The molecule has 140 valence electrons. The number of halogens is 2. The van der Waals surface area contributed by atoms with Crippen LogP contribution in [0.1, 0.15) is 18.1 Å². The van der Waals surface area contributed by atoms with Crippen LogP contribution >= 0.6 is 11.6 Å². The van der Waals surface area contributed by atoms with Crippen LogP contribution in [0.15, 0.2) is 36.4 Å². The van der Waals surface area contributed by atoms with Gasteiger partial charge in [-0.05, 0) is 36.8 Å². The van der Waals surface area contributed by atoms with Gasteiger partial charge in [-0.3, -0.25) is 9.69 Å². The molecule has 0 saturated carbocycles. The van der Waals surface area contributed by atoms with E-state index in [1.807, 2.05) is 0 Å². The van der Waals surface area contributed by atoms with Crippen LogP contribution in [0.25, 0.3) is 0 Å². The summed E-state index contributed by atoms with van der Waals surface area (Å²) in [6.07, 6.45) is 0. The molecule has 4 rings (SSSR count). The zero-order valence-corrected chi connectivity index (χ0v) is 15.2. The smallest absolute Gasteiger partial charge is 0.325 e. The van der Waals surface area contributed by atoms with Crippen LogP contribution in [0, 0.1) is 5.82 Å². The van der Waals surface area contributed by atoms with Crippen molar-refractivity contribution in [2.45, 2.75) is 19.0 Å². The number of amides is 3. The molecule has 0 spiro atoms. The van der Waals surface area contributed by atoms with Crippen LogP contribution in [0.3, 0.4) is 0 Å². The number of nitrogens with zero attached hydrogens (tertiary/aromatic N) is 1. The molecule has 2 aromatic carbocycles. The first-order valence-electron chi connectivity index (χ1n) is 8.37. The molecule has 2 aromatic rings. The zero-order chi connectivity index (χ0) is 19.2. The van der Waals surface area contributed by atoms with Crippen molar-refractivity contribution in [3.8, 4) is 11.5 Å². The van der Waals surface area contributed by atoms with Crippen LogP contribution in [0.5, 0.6) is 11.5 Å². The Morgan fingerprint density at radius 1 is 1.19 bits per heavy atom. The Labute approximate surface area is 159 Å². The standard InChI is InChI=1S/C19H16ClFN2O4/c1-19(11-5-6-15-16(9-11)27-8-7-26-15)17(24)23(18(25)22-19)10-12-13(20)3-2-4-14(12)21/h2-6,9H,7-8,10H2,1H3,(H,22,25)/t19-/m0/s1. The van der Waals surface area contributed by atoms with Gasteiger partial charge in [0.2, 0.25) is 0 Å². The Kier molecular flexibility index (Phi) is 4.19. The third-order valence-electron chi connectivity index (χ3n) is 4.77. The molecular formula is C19H16ClFN2O4. The molecule has 27 heavy (non-hydrogen) atoms. The second kappa shape index (κ2) is 6.42. The van der Waals surface area contributed by atoms with Crippen molar-refractivity contribution < 1.29 is 23.5 Å². The van der Waals surface area contributed by atoms with Gasteiger partial charge in [-0.15, -0.1) is 0 Å². The molecule has 1 fully saturated rings. The van der Waals surface area contributed by atoms with E-state index in [9.17, 15) is 14.0 Å². The first-order valence-corrected chi connectivity index (χ1v) is 8.75. The van der Waals surface area contributed by atoms with Gasteiger partial charge in [-0.25, -0.2) is 9.18 Å². The normalized spacial score (nSPS) is 21.4. The molecule has 1 atom stereocenters. The largest absolute Gasteiger partial charge is 0.486 e. The first kappa shape index (κ1) is 17.6. The highest BCUT2D eigenvalue weighted by Gasteiger charge is 2.49. The molecule has 2 aliphatic rings. The molecule has 2 heterocycles. The number of rotatable bonds is 3. The number of imide groups is 1. The second-order valence-corrected chi connectivity index (χ2v) is 6.91. The fourth-order valence-electron chi connectivity index (χ4n) is 3.23. The predicted octanol–water partition coefficient (Wildman–Crippen LogP) is 3.22. The van der Waals surface area contributed by atoms with Crippen LogP contribution in [-0.2, 0) is 16.9 Å². The van der Waals surface area contributed by atoms with Gasteiger partial charge in [0.25, 0.3) is 5.91 Å². The van der Waals surface area contributed by atoms with E-state index in [0.29, 0.717) is 30.3 Å². The molecule has 0 aliphatic carbocycles. The van der Waals surface area contributed by atoms with Crippen molar-refractivity contribution in [2.24, 2.45) is 0 Å². The summed E-state index contributed by atoms with van der Waals surface area (Å²) in [5.41, 5.74) is -0.661. The fourth-order valence-corrected chi connectivity index (χ4v) is 3.45. The van der Waals surface area contributed by atoms with Gasteiger partial charge < -0.3 is 14.8 Å². The summed E-state index contributed by atoms with van der Waals surface area (Å²) in [6.45, 7) is 2.21. The summed E-state index contributed by atoms with van der Waals surface area (Å²) in [7, 11) is 0. The van der Waals surface area contributed by atoms with Gasteiger partial charge in [0.15, 0.2) is 11.5 Å². The summed E-state index contributed by atoms with van der Waals surface area (Å²) in [5.74, 6) is 0.0255. The molecule has 6 nitrogen and oxygen atoms in total. The third-order valence-corrected chi connectivity index (χ3v) is 5.13. The molecule has 3 amide bonds. The average Bonchev–Trinajstić information content (AvgIpc) is 2.88. The SMILES string of the molecule is C[C@@]1(c2ccc3c(c2)OCCO3)NC(=O)N(Cc2c(F)cccc2Cl)C1=O. The molecule has 0 bridgehead atoms. The van der Waals surface area contributed by atoms with E-state index < -0.39 is 23.3 Å². The van der Waals surface area contributed by atoms with Crippen LogP contribution in [0.2, 0.25) is 5.02 Å². The van der Waals surface area contributed by atoms with Gasteiger partial charge in [-0.1, -0.05) is 23.7 Å². The highest BCUT2D eigenvalue weighted by Crippen LogP contribution is 2.37. The lowest BCUT2D eigenvalue weighted by molar-refractivity contribution is -0.131. The van der Waals surface area contributed by atoms with E-state index in [4.69, 9.17) is 21.1 Å². The number of hydrogen-bond donors (Lipinski definition) is 1. The summed E-state index contributed by atoms with van der Waals surface area (Å²) < 4.78 is 25.1. The topological polar surface area (TPSA) is 67.9 Å². The van der Waals surface area contributed by atoms with E-state index in [-0.39, 0.29) is 17.1 Å². The molecule has 0 unspecified atom stereocenters. The van der Waals surface area contributed by atoms with E-state index in [0.717, 1.165) is 4.90 Å². The van der Waals surface area contributed by atoms with E-state index in [1.54, 1.807) is 25.1 Å². The predicted molar refractivity (Wildman–Crippen MR) is 95.3 cm³/mol. The molecule has 2 aliphatic heterocycles. The lowest BCUT2D eigenvalue weighted by Gasteiger charge is -2.25. The molecule has 0 aromatic heterocycles. The lowest BCUT2D eigenvalue weighted by Crippen LogP contribution is -2.41. The number of benzene rings is 2. The van der Waals surface area contributed by atoms with Crippen molar-refractivity contribution in [1.29, 1.82) is 0 Å². The summed E-state index contributed by atoms with van der Waals surface area (Å²) in [4.78, 5) is 26.5.